The van der Waals surface area contributed by atoms with Gasteiger partial charge in [0, 0.05) is 10.9 Å². The van der Waals surface area contributed by atoms with E-state index in [1.807, 2.05) is 31.2 Å². The Hall–Kier alpha value is -2.26. The first-order valence-electron chi connectivity index (χ1n) is 8.67. The van der Waals surface area contributed by atoms with Crippen LogP contribution < -0.4 is 5.32 Å². The molecule has 2 aliphatic rings. The summed E-state index contributed by atoms with van der Waals surface area (Å²) in [6.07, 6.45) is 5.53. The van der Waals surface area contributed by atoms with Crippen molar-refractivity contribution in [1.29, 1.82) is 0 Å². The molecule has 1 N–H and O–H groups in total. The van der Waals surface area contributed by atoms with Crippen LogP contribution in [0.2, 0.25) is 5.02 Å². The van der Waals surface area contributed by atoms with E-state index in [9.17, 15) is 4.79 Å². The molecule has 0 aromatic heterocycles. The maximum atomic E-state index is 12.4. The van der Waals surface area contributed by atoms with Crippen LogP contribution in [0.3, 0.4) is 0 Å². The molecule has 0 radical (unpaired) electrons. The topological polar surface area (TPSA) is 38.3 Å². The number of nitrogens with one attached hydrogen (secondary N) is 1. The number of para-hydroxylation sites is 1. The van der Waals surface area contributed by atoms with Crippen LogP contribution in [0, 0.1) is 5.92 Å². The second kappa shape index (κ2) is 6.57. The van der Waals surface area contributed by atoms with Gasteiger partial charge in [-0.1, -0.05) is 48.0 Å². The zero-order valence-electron chi connectivity index (χ0n) is 14.0. The van der Waals surface area contributed by atoms with E-state index in [1.54, 1.807) is 0 Å². The fourth-order valence-corrected chi connectivity index (χ4v) is 4.13. The van der Waals surface area contributed by atoms with Crippen LogP contribution in [-0.4, -0.2) is 12.6 Å². The summed E-state index contributed by atoms with van der Waals surface area (Å²) in [5, 5.41) is 4.36. The Morgan fingerprint density at radius 1 is 1.24 bits per heavy atom. The zero-order valence-corrected chi connectivity index (χ0v) is 14.8. The summed E-state index contributed by atoms with van der Waals surface area (Å²) >= 11 is 6.05. The largest absolute Gasteiger partial charge is 0.462 e. The Kier molecular flexibility index (Phi) is 4.26. The molecule has 128 valence electrons. The Morgan fingerprint density at radius 2 is 2.04 bits per heavy atom. The first-order chi connectivity index (χ1) is 12.2. The van der Waals surface area contributed by atoms with Crippen LogP contribution in [0.4, 0.5) is 5.69 Å². The number of ether oxygens (including phenoxy) is 1. The van der Waals surface area contributed by atoms with Crippen molar-refractivity contribution in [3.05, 3.63) is 76.3 Å². The van der Waals surface area contributed by atoms with Gasteiger partial charge in [0.15, 0.2) is 0 Å². The van der Waals surface area contributed by atoms with Crippen molar-refractivity contribution < 1.29 is 9.53 Å². The summed E-state index contributed by atoms with van der Waals surface area (Å²) in [6.45, 7) is 2.20. The smallest absolute Gasteiger partial charge is 0.340 e. The number of anilines is 1. The van der Waals surface area contributed by atoms with Gasteiger partial charge in [-0.25, -0.2) is 4.79 Å². The van der Waals surface area contributed by atoms with Gasteiger partial charge in [-0.2, -0.15) is 0 Å². The number of carbonyl (C=O) groups is 1. The molecular formula is C21H20ClNO2. The molecule has 1 heterocycles. The monoisotopic (exact) mass is 353 g/mol. The summed E-state index contributed by atoms with van der Waals surface area (Å²) in [6, 6.07) is 14.0. The van der Waals surface area contributed by atoms with Gasteiger partial charge in [-0.3, -0.25) is 0 Å². The average molecular weight is 354 g/mol. The maximum Gasteiger partial charge on any atom is 0.340 e. The zero-order chi connectivity index (χ0) is 17.4. The highest BCUT2D eigenvalue weighted by Crippen LogP contribution is 2.50. The van der Waals surface area contributed by atoms with E-state index < -0.39 is 0 Å². The molecule has 25 heavy (non-hydrogen) atoms. The minimum Gasteiger partial charge on any atom is -0.462 e. The minimum atomic E-state index is -0.276. The molecule has 2 aromatic rings. The lowest BCUT2D eigenvalue weighted by molar-refractivity contribution is 0.0527. The summed E-state index contributed by atoms with van der Waals surface area (Å²) in [7, 11) is 0. The molecule has 0 bridgehead atoms. The number of benzene rings is 2. The van der Waals surface area contributed by atoms with Gasteiger partial charge in [-0.15, -0.1) is 0 Å². The Balaban J connectivity index is 1.79. The number of fused-ring (bicyclic) bond motifs is 3. The summed E-state index contributed by atoms with van der Waals surface area (Å²) in [4.78, 5) is 12.4. The van der Waals surface area contributed by atoms with Gasteiger partial charge in [0.05, 0.1) is 23.9 Å². The van der Waals surface area contributed by atoms with E-state index in [0.29, 0.717) is 24.0 Å². The molecule has 3 unspecified atom stereocenters. The van der Waals surface area contributed by atoms with Crippen LogP contribution in [0.25, 0.3) is 0 Å². The highest BCUT2D eigenvalue weighted by molar-refractivity contribution is 6.30. The van der Waals surface area contributed by atoms with Crippen molar-refractivity contribution in [1.82, 2.24) is 0 Å². The van der Waals surface area contributed by atoms with Crippen LogP contribution in [0.1, 0.15) is 46.8 Å². The SMILES string of the molecule is CCOC(=O)c1cccc2c1NC(c1ccc(Cl)cc1)C1CC=CC21. The molecule has 4 heteroatoms. The quantitative estimate of drug-likeness (QED) is 0.597. The van der Waals surface area contributed by atoms with Gasteiger partial charge in [-0.05, 0) is 48.6 Å². The second-order valence-corrected chi connectivity index (χ2v) is 6.95. The molecule has 0 amide bonds. The highest BCUT2D eigenvalue weighted by atomic mass is 35.5. The van der Waals surface area contributed by atoms with Crippen molar-refractivity contribution in [2.24, 2.45) is 5.92 Å². The first-order valence-corrected chi connectivity index (χ1v) is 9.05. The van der Waals surface area contributed by atoms with Gasteiger partial charge in [0.1, 0.15) is 0 Å². The van der Waals surface area contributed by atoms with E-state index in [-0.39, 0.29) is 12.0 Å². The lowest BCUT2D eigenvalue weighted by Gasteiger charge is -2.38. The fourth-order valence-electron chi connectivity index (χ4n) is 4.00. The second-order valence-electron chi connectivity index (χ2n) is 6.52. The molecule has 0 fully saturated rings. The third kappa shape index (κ3) is 2.83. The Bertz CT molecular complexity index is 828. The first kappa shape index (κ1) is 16.2. The summed E-state index contributed by atoms with van der Waals surface area (Å²) < 4.78 is 5.25. The molecule has 2 aromatic carbocycles. The van der Waals surface area contributed by atoms with Gasteiger partial charge < -0.3 is 10.1 Å². The van der Waals surface area contributed by atoms with Crippen molar-refractivity contribution in [3.63, 3.8) is 0 Å². The molecule has 3 atom stereocenters. The van der Waals surface area contributed by atoms with Gasteiger partial charge in [0.25, 0.3) is 0 Å². The van der Waals surface area contributed by atoms with E-state index >= 15 is 0 Å². The molecule has 0 saturated carbocycles. The lowest BCUT2D eigenvalue weighted by Crippen LogP contribution is -2.30. The molecule has 1 aliphatic heterocycles. The van der Waals surface area contributed by atoms with Crippen LogP contribution in [0.5, 0.6) is 0 Å². The van der Waals surface area contributed by atoms with E-state index in [0.717, 1.165) is 17.1 Å². The number of allylic oxidation sites excluding steroid dienone is 2. The number of halogens is 1. The van der Waals surface area contributed by atoms with Crippen LogP contribution in [0.15, 0.2) is 54.6 Å². The van der Waals surface area contributed by atoms with E-state index in [2.05, 4.69) is 35.7 Å². The Morgan fingerprint density at radius 3 is 2.80 bits per heavy atom. The Labute approximate surface area is 152 Å². The maximum absolute atomic E-state index is 12.4. The number of hydrogen-bond donors (Lipinski definition) is 1. The van der Waals surface area contributed by atoms with Gasteiger partial charge in [0.2, 0.25) is 0 Å². The van der Waals surface area contributed by atoms with Crippen LogP contribution >= 0.6 is 11.6 Å². The van der Waals surface area contributed by atoms with Crippen molar-refractivity contribution in [2.45, 2.75) is 25.3 Å². The predicted octanol–water partition coefficient (Wildman–Crippen LogP) is 5.34. The van der Waals surface area contributed by atoms with E-state index in [4.69, 9.17) is 16.3 Å². The highest BCUT2D eigenvalue weighted by Gasteiger charge is 2.39. The minimum absolute atomic E-state index is 0.139. The molecule has 0 saturated heterocycles. The third-order valence-corrected chi connectivity index (χ3v) is 5.37. The average Bonchev–Trinajstić information content (AvgIpc) is 3.11. The van der Waals surface area contributed by atoms with Crippen molar-refractivity contribution in [2.75, 3.05) is 11.9 Å². The standard InChI is InChI=1S/C21H20ClNO2/c1-2-25-21(24)18-8-4-7-17-15-5-3-6-16(15)19(23-20(17)18)13-9-11-14(22)12-10-13/h3-5,7-12,15-16,19,23H,2,6H2,1H3. The molecule has 0 spiro atoms. The van der Waals surface area contributed by atoms with Crippen LogP contribution in [-0.2, 0) is 4.74 Å². The van der Waals surface area contributed by atoms with Crippen molar-refractivity contribution >= 4 is 23.3 Å². The lowest BCUT2D eigenvalue weighted by atomic mass is 9.76. The number of rotatable bonds is 3. The number of esters is 1. The fraction of sp³-hybridized carbons (Fsp3) is 0.286. The number of carbonyl (C=O) groups excluding carboxylic acids is 1. The summed E-state index contributed by atoms with van der Waals surface area (Å²) in [5.41, 5.74) is 3.87. The predicted molar refractivity (Wildman–Crippen MR) is 100 cm³/mol. The summed E-state index contributed by atoms with van der Waals surface area (Å²) in [5.74, 6) is 0.472. The normalized spacial score (nSPS) is 23.5. The van der Waals surface area contributed by atoms with Crippen molar-refractivity contribution in [3.8, 4) is 0 Å². The number of hydrogen-bond acceptors (Lipinski definition) is 3. The van der Waals surface area contributed by atoms with E-state index in [1.165, 1.54) is 11.1 Å². The molecule has 4 rings (SSSR count). The molecule has 3 nitrogen and oxygen atoms in total. The molecular weight excluding hydrogens is 334 g/mol. The third-order valence-electron chi connectivity index (χ3n) is 5.12. The van der Waals surface area contributed by atoms with Gasteiger partial charge >= 0.3 is 5.97 Å². The molecule has 1 aliphatic carbocycles.